The summed E-state index contributed by atoms with van der Waals surface area (Å²) in [6, 6.07) is 20.1. The van der Waals surface area contributed by atoms with Gasteiger partial charge in [0.05, 0.1) is 6.42 Å². The van der Waals surface area contributed by atoms with Crippen LogP contribution in [0.25, 0.3) is 0 Å². The first-order chi connectivity index (χ1) is 12.6. The van der Waals surface area contributed by atoms with Crippen molar-refractivity contribution in [3.8, 4) is 0 Å². The molecule has 0 saturated heterocycles. The summed E-state index contributed by atoms with van der Waals surface area (Å²) in [6.07, 6.45) is 4.81. The maximum atomic E-state index is 13.0. The second-order valence-corrected chi connectivity index (χ2v) is 6.59. The van der Waals surface area contributed by atoms with E-state index in [-0.39, 0.29) is 5.91 Å². The Morgan fingerprint density at radius 3 is 2.38 bits per heavy atom. The number of benzene rings is 2. The number of rotatable bonds is 6. The van der Waals surface area contributed by atoms with Gasteiger partial charge >= 0.3 is 0 Å². The Balaban J connectivity index is 1.82. The van der Waals surface area contributed by atoms with E-state index in [0.717, 1.165) is 23.2 Å². The highest BCUT2D eigenvalue weighted by Gasteiger charge is 2.17. The summed E-state index contributed by atoms with van der Waals surface area (Å²) in [7, 11) is 0. The summed E-state index contributed by atoms with van der Waals surface area (Å²) >= 11 is 0. The van der Waals surface area contributed by atoms with E-state index in [4.69, 9.17) is 0 Å². The minimum absolute atomic E-state index is 0.114. The van der Waals surface area contributed by atoms with Gasteiger partial charge in [-0.2, -0.15) is 0 Å². The highest BCUT2D eigenvalue weighted by molar-refractivity contribution is 5.94. The van der Waals surface area contributed by atoms with Gasteiger partial charge in [-0.25, -0.2) is 0 Å². The molecule has 0 saturated carbocycles. The van der Waals surface area contributed by atoms with Crippen molar-refractivity contribution < 1.29 is 4.79 Å². The Bertz CT molecular complexity index is 860. The summed E-state index contributed by atoms with van der Waals surface area (Å²) < 4.78 is 0. The van der Waals surface area contributed by atoms with Crippen molar-refractivity contribution in [1.82, 2.24) is 4.98 Å². The molecule has 0 fully saturated rings. The number of hydrogen-bond donors (Lipinski definition) is 0. The van der Waals surface area contributed by atoms with Crippen molar-refractivity contribution in [1.29, 1.82) is 0 Å². The lowest BCUT2D eigenvalue weighted by atomic mass is 10.1. The number of anilines is 1. The van der Waals surface area contributed by atoms with E-state index in [1.807, 2.05) is 59.6 Å². The molecule has 0 spiro atoms. The van der Waals surface area contributed by atoms with E-state index in [2.05, 4.69) is 31.0 Å². The maximum absolute atomic E-state index is 13.0. The van der Waals surface area contributed by atoms with Crippen LogP contribution in [0.1, 0.15) is 22.3 Å². The molecule has 0 aliphatic carbocycles. The highest BCUT2D eigenvalue weighted by atomic mass is 16.2. The van der Waals surface area contributed by atoms with E-state index in [1.54, 1.807) is 6.20 Å². The topological polar surface area (TPSA) is 33.2 Å². The number of amides is 1. The predicted octanol–water partition coefficient (Wildman–Crippen LogP) is 4.52. The van der Waals surface area contributed by atoms with Crippen molar-refractivity contribution in [2.24, 2.45) is 0 Å². The van der Waals surface area contributed by atoms with Crippen molar-refractivity contribution in [2.75, 3.05) is 11.4 Å². The van der Waals surface area contributed by atoms with Gasteiger partial charge in [-0.05, 0) is 60.7 Å². The Kier molecular flexibility index (Phi) is 5.80. The number of aryl methyl sites for hydroxylation is 2. The van der Waals surface area contributed by atoms with Crippen LogP contribution >= 0.6 is 0 Å². The molecule has 0 atom stereocenters. The van der Waals surface area contributed by atoms with Crippen LogP contribution in [0.2, 0.25) is 0 Å². The number of nitrogens with zero attached hydrogens (tertiary/aromatic N) is 2. The van der Waals surface area contributed by atoms with Gasteiger partial charge in [-0.3, -0.25) is 9.78 Å². The van der Waals surface area contributed by atoms with Gasteiger partial charge in [0, 0.05) is 24.6 Å². The number of aromatic nitrogens is 1. The number of pyridine rings is 1. The minimum Gasteiger partial charge on any atom is -0.312 e. The average molecular weight is 344 g/mol. The molecule has 1 amide bonds. The molecule has 3 aromatic rings. The lowest BCUT2D eigenvalue weighted by Crippen LogP contribution is -2.34. The first-order valence-corrected chi connectivity index (χ1v) is 8.94. The smallest absolute Gasteiger partial charge is 0.231 e. The molecule has 0 aliphatic rings. The molecule has 0 aliphatic heterocycles. The Hall–Kier alpha value is -2.94. The van der Waals surface area contributed by atoms with Gasteiger partial charge in [-0.1, -0.05) is 42.5 Å². The number of carbonyl (C=O) groups excluding carboxylic acids is 1. The van der Waals surface area contributed by atoms with E-state index in [9.17, 15) is 4.79 Å². The molecule has 1 aromatic heterocycles. The summed E-state index contributed by atoms with van der Waals surface area (Å²) in [6.45, 7) is 4.81. The summed E-state index contributed by atoms with van der Waals surface area (Å²) in [5, 5.41) is 0. The third kappa shape index (κ3) is 4.57. The van der Waals surface area contributed by atoms with Crippen LogP contribution in [0, 0.1) is 13.8 Å². The van der Waals surface area contributed by atoms with E-state index in [1.165, 1.54) is 11.1 Å². The van der Waals surface area contributed by atoms with Crippen molar-refractivity contribution >= 4 is 11.6 Å². The van der Waals surface area contributed by atoms with Crippen molar-refractivity contribution in [3.05, 3.63) is 95.3 Å². The zero-order valence-electron chi connectivity index (χ0n) is 15.4. The van der Waals surface area contributed by atoms with Crippen LogP contribution in [0.3, 0.4) is 0 Å². The van der Waals surface area contributed by atoms with Crippen molar-refractivity contribution in [2.45, 2.75) is 26.7 Å². The zero-order valence-corrected chi connectivity index (χ0v) is 15.4. The van der Waals surface area contributed by atoms with Gasteiger partial charge in [-0.15, -0.1) is 0 Å². The van der Waals surface area contributed by atoms with E-state index < -0.39 is 0 Å². The summed E-state index contributed by atoms with van der Waals surface area (Å²) in [5.41, 5.74) is 5.55. The normalized spacial score (nSPS) is 10.5. The fourth-order valence-corrected chi connectivity index (χ4v) is 2.94. The lowest BCUT2D eigenvalue weighted by Gasteiger charge is -2.24. The Morgan fingerprint density at radius 2 is 1.69 bits per heavy atom. The maximum Gasteiger partial charge on any atom is 0.231 e. The molecule has 26 heavy (non-hydrogen) atoms. The van der Waals surface area contributed by atoms with Crippen LogP contribution in [-0.2, 0) is 17.6 Å². The molecule has 0 radical (unpaired) electrons. The standard InChI is InChI=1S/C23H24N2O/c1-18-10-11-22(15-19(18)2)25(14-12-21-9-6-13-24-17-21)23(26)16-20-7-4-3-5-8-20/h3-11,13,15,17H,12,14,16H2,1-2H3. The fraction of sp³-hybridized carbons (Fsp3) is 0.217. The van der Waals surface area contributed by atoms with Gasteiger partial charge in [0.15, 0.2) is 0 Å². The Morgan fingerprint density at radius 1 is 0.923 bits per heavy atom. The average Bonchev–Trinajstić information content (AvgIpc) is 2.66. The monoisotopic (exact) mass is 344 g/mol. The SMILES string of the molecule is Cc1ccc(N(CCc2cccnc2)C(=O)Cc2ccccc2)cc1C. The molecule has 0 bridgehead atoms. The second-order valence-electron chi connectivity index (χ2n) is 6.59. The molecule has 0 unspecified atom stereocenters. The Labute approximate surface area is 155 Å². The van der Waals surface area contributed by atoms with Crippen LogP contribution in [0.5, 0.6) is 0 Å². The van der Waals surface area contributed by atoms with E-state index >= 15 is 0 Å². The number of hydrogen-bond acceptors (Lipinski definition) is 2. The molecule has 1 heterocycles. The molecule has 3 heteroatoms. The molecule has 2 aromatic carbocycles. The van der Waals surface area contributed by atoms with Crippen LogP contribution in [-0.4, -0.2) is 17.4 Å². The van der Waals surface area contributed by atoms with Crippen molar-refractivity contribution in [3.63, 3.8) is 0 Å². The largest absolute Gasteiger partial charge is 0.312 e. The lowest BCUT2D eigenvalue weighted by molar-refractivity contribution is -0.118. The molecule has 3 nitrogen and oxygen atoms in total. The molecular formula is C23H24N2O. The molecule has 3 rings (SSSR count). The van der Waals surface area contributed by atoms with Crippen LogP contribution in [0.4, 0.5) is 5.69 Å². The summed E-state index contributed by atoms with van der Waals surface area (Å²) in [4.78, 5) is 19.1. The van der Waals surface area contributed by atoms with Gasteiger partial charge in [0.1, 0.15) is 0 Å². The third-order valence-electron chi connectivity index (χ3n) is 4.65. The third-order valence-corrected chi connectivity index (χ3v) is 4.65. The molecule has 0 N–H and O–H groups in total. The molecule has 132 valence electrons. The van der Waals surface area contributed by atoms with Gasteiger partial charge in [0.2, 0.25) is 5.91 Å². The van der Waals surface area contributed by atoms with E-state index in [0.29, 0.717) is 13.0 Å². The van der Waals surface area contributed by atoms with Gasteiger partial charge < -0.3 is 4.90 Å². The molecular weight excluding hydrogens is 320 g/mol. The zero-order chi connectivity index (χ0) is 18.4. The van der Waals surface area contributed by atoms with Crippen LogP contribution < -0.4 is 4.90 Å². The first-order valence-electron chi connectivity index (χ1n) is 8.94. The van der Waals surface area contributed by atoms with Gasteiger partial charge in [0.25, 0.3) is 0 Å². The quantitative estimate of drug-likeness (QED) is 0.659. The highest BCUT2D eigenvalue weighted by Crippen LogP contribution is 2.20. The first kappa shape index (κ1) is 17.9. The second kappa shape index (κ2) is 8.43. The number of carbonyl (C=O) groups is 1. The predicted molar refractivity (Wildman–Crippen MR) is 106 cm³/mol. The minimum atomic E-state index is 0.114. The summed E-state index contributed by atoms with van der Waals surface area (Å²) in [5.74, 6) is 0.114. The fourth-order valence-electron chi connectivity index (χ4n) is 2.94. The van der Waals surface area contributed by atoms with Crippen LogP contribution in [0.15, 0.2) is 73.1 Å².